The number of aliphatic hydroxyl groups is 2. The maximum absolute atomic E-state index is 13.1. The Morgan fingerprint density at radius 2 is 1.72 bits per heavy atom. The van der Waals surface area contributed by atoms with Crippen LogP contribution in [0.2, 0.25) is 0 Å². The average Bonchev–Trinajstić information content (AvgIpc) is 2.71. The van der Waals surface area contributed by atoms with Gasteiger partial charge in [0.2, 0.25) is 0 Å². The predicted molar refractivity (Wildman–Crippen MR) is 107 cm³/mol. The molecule has 2 N–H and O–H groups in total. The zero-order valence-electron chi connectivity index (χ0n) is 17.3. The predicted octanol–water partition coefficient (Wildman–Crippen LogP) is 1.98. The molecule has 1 aromatic rings. The summed E-state index contributed by atoms with van der Waals surface area (Å²) in [5, 5.41) is 19.8. The quantitative estimate of drug-likeness (QED) is 0.328. The highest BCUT2D eigenvalue weighted by molar-refractivity contribution is 6.05. The Labute approximate surface area is 172 Å². The molecular formula is C22H32O7. The highest BCUT2D eigenvalue weighted by Crippen LogP contribution is 2.37. The monoisotopic (exact) mass is 408 g/mol. The van der Waals surface area contributed by atoms with Gasteiger partial charge >= 0.3 is 5.97 Å². The minimum Gasteiger partial charge on any atom is -0.463 e. The number of benzene rings is 1. The molecule has 0 radical (unpaired) electrons. The molecule has 29 heavy (non-hydrogen) atoms. The minimum atomic E-state index is -1.74. The van der Waals surface area contributed by atoms with E-state index in [-0.39, 0.29) is 32.8 Å². The maximum Gasteiger partial charge on any atom is 0.312 e. The van der Waals surface area contributed by atoms with Gasteiger partial charge in [-0.25, -0.2) is 0 Å². The number of carbonyl (C=O) groups is 2. The summed E-state index contributed by atoms with van der Waals surface area (Å²) < 4.78 is 15.6. The van der Waals surface area contributed by atoms with E-state index in [4.69, 9.17) is 19.3 Å². The largest absolute Gasteiger partial charge is 0.463 e. The number of esters is 1. The fourth-order valence-corrected chi connectivity index (χ4v) is 3.56. The van der Waals surface area contributed by atoms with Crippen molar-refractivity contribution >= 4 is 11.8 Å². The van der Waals surface area contributed by atoms with E-state index in [0.717, 1.165) is 17.5 Å². The number of rotatable bonds is 11. The Morgan fingerprint density at radius 3 is 2.41 bits per heavy atom. The van der Waals surface area contributed by atoms with Gasteiger partial charge in [0.1, 0.15) is 12.2 Å². The van der Waals surface area contributed by atoms with E-state index in [1.54, 1.807) is 12.1 Å². The molecule has 0 amide bonds. The second-order valence-electron chi connectivity index (χ2n) is 7.47. The molecule has 2 atom stereocenters. The highest BCUT2D eigenvalue weighted by atomic mass is 16.6. The van der Waals surface area contributed by atoms with Gasteiger partial charge in [0.15, 0.2) is 5.78 Å². The van der Waals surface area contributed by atoms with Crippen LogP contribution in [0.5, 0.6) is 0 Å². The van der Waals surface area contributed by atoms with Crippen LogP contribution in [-0.4, -0.2) is 67.2 Å². The molecule has 7 nitrogen and oxygen atoms in total. The molecular weight excluding hydrogens is 376 g/mol. The molecule has 0 spiro atoms. The molecule has 0 aromatic heterocycles. The summed E-state index contributed by atoms with van der Waals surface area (Å²) in [7, 11) is 0. The van der Waals surface area contributed by atoms with Crippen LogP contribution in [0.4, 0.5) is 0 Å². The van der Waals surface area contributed by atoms with Crippen LogP contribution in [0.3, 0.4) is 0 Å². The van der Waals surface area contributed by atoms with Crippen LogP contribution in [0.15, 0.2) is 18.2 Å². The molecule has 7 heteroatoms. The van der Waals surface area contributed by atoms with Crippen LogP contribution in [0.1, 0.15) is 47.2 Å². The van der Waals surface area contributed by atoms with Crippen molar-refractivity contribution < 1.29 is 34.0 Å². The van der Waals surface area contributed by atoms with Crippen LogP contribution < -0.4 is 0 Å². The Bertz CT molecular complexity index is 688. The molecule has 1 fully saturated rings. The van der Waals surface area contributed by atoms with Gasteiger partial charge in [-0.2, -0.15) is 0 Å². The Morgan fingerprint density at radius 1 is 1.03 bits per heavy atom. The Hall–Kier alpha value is -1.80. The molecule has 0 heterocycles. The fraction of sp³-hybridized carbons (Fsp3) is 0.636. The number of Topliss-reactive ketones (excluding diaryl/α,β-unsaturated/α-hetero) is 1. The maximum atomic E-state index is 13.1. The number of hydrogen-bond donors (Lipinski definition) is 2. The van der Waals surface area contributed by atoms with Crippen molar-refractivity contribution in [2.75, 3.05) is 39.6 Å². The number of ether oxygens (including phenoxy) is 3. The summed E-state index contributed by atoms with van der Waals surface area (Å²) >= 11 is 0. The number of ketones is 1. The Kier molecular flexibility index (Phi) is 9.23. The van der Waals surface area contributed by atoms with Gasteiger partial charge in [-0.1, -0.05) is 25.0 Å². The van der Waals surface area contributed by atoms with E-state index in [0.29, 0.717) is 31.6 Å². The van der Waals surface area contributed by atoms with Crippen LogP contribution in [0.25, 0.3) is 0 Å². The number of carbonyl (C=O) groups excluding carboxylic acids is 2. The molecule has 0 bridgehead atoms. The van der Waals surface area contributed by atoms with Crippen molar-refractivity contribution in [3.63, 3.8) is 0 Å². The smallest absolute Gasteiger partial charge is 0.312 e. The van der Waals surface area contributed by atoms with Gasteiger partial charge in [-0.05, 0) is 43.9 Å². The number of aliphatic hydroxyl groups excluding tert-OH is 1. The van der Waals surface area contributed by atoms with Crippen molar-refractivity contribution in [2.45, 2.75) is 45.1 Å². The third-order valence-electron chi connectivity index (χ3n) is 5.40. The number of aryl methyl sites for hydroxylation is 2. The topological polar surface area (TPSA) is 102 Å². The van der Waals surface area contributed by atoms with Gasteiger partial charge in [-0.15, -0.1) is 0 Å². The van der Waals surface area contributed by atoms with E-state index >= 15 is 0 Å². The first-order valence-electron chi connectivity index (χ1n) is 10.2. The van der Waals surface area contributed by atoms with Crippen molar-refractivity contribution in [3.05, 3.63) is 34.9 Å². The van der Waals surface area contributed by atoms with E-state index in [1.807, 2.05) is 19.9 Å². The summed E-state index contributed by atoms with van der Waals surface area (Å²) in [4.78, 5) is 25.7. The lowest BCUT2D eigenvalue weighted by molar-refractivity contribution is -0.160. The first-order valence-corrected chi connectivity index (χ1v) is 10.2. The molecule has 2 rings (SSSR count). The first kappa shape index (κ1) is 23.5. The second kappa shape index (κ2) is 11.4. The third kappa shape index (κ3) is 6.34. The van der Waals surface area contributed by atoms with Crippen LogP contribution >= 0.6 is 0 Å². The molecule has 1 aliphatic carbocycles. The Balaban J connectivity index is 1.92. The molecule has 1 saturated carbocycles. The molecule has 162 valence electrons. The van der Waals surface area contributed by atoms with E-state index in [2.05, 4.69) is 0 Å². The summed E-state index contributed by atoms with van der Waals surface area (Å²) in [6.45, 7) is 5.01. The van der Waals surface area contributed by atoms with E-state index in [9.17, 15) is 14.7 Å². The molecule has 1 aromatic carbocycles. The van der Waals surface area contributed by atoms with Crippen LogP contribution in [-0.2, 0) is 19.0 Å². The summed E-state index contributed by atoms with van der Waals surface area (Å²) in [5.74, 6) is -1.86. The third-order valence-corrected chi connectivity index (χ3v) is 5.40. The average molecular weight is 408 g/mol. The van der Waals surface area contributed by atoms with Gasteiger partial charge in [0.05, 0.1) is 39.0 Å². The van der Waals surface area contributed by atoms with E-state index in [1.165, 1.54) is 0 Å². The summed E-state index contributed by atoms with van der Waals surface area (Å²) in [5.41, 5.74) is 0.710. The van der Waals surface area contributed by atoms with Gasteiger partial charge in [-0.3, -0.25) is 9.59 Å². The molecule has 0 saturated heterocycles. The zero-order valence-corrected chi connectivity index (χ0v) is 17.3. The van der Waals surface area contributed by atoms with Gasteiger partial charge in [0.25, 0.3) is 0 Å². The highest BCUT2D eigenvalue weighted by Gasteiger charge is 2.49. The van der Waals surface area contributed by atoms with Gasteiger partial charge in [0, 0.05) is 5.56 Å². The molecule has 2 unspecified atom stereocenters. The van der Waals surface area contributed by atoms with Crippen LogP contribution in [0, 0.1) is 19.8 Å². The fourth-order valence-electron chi connectivity index (χ4n) is 3.56. The number of hydrogen-bond acceptors (Lipinski definition) is 7. The summed E-state index contributed by atoms with van der Waals surface area (Å²) in [6.07, 6.45) is 2.12. The lowest BCUT2D eigenvalue weighted by Crippen LogP contribution is -2.51. The SMILES string of the molecule is Cc1ccc(C(=O)C2(O)CCCCC2C(=O)OCCOCCOCCO)cc1C. The first-order chi connectivity index (χ1) is 13.9. The standard InChI is InChI=1S/C22H32O7/c1-16-6-7-18(15-17(16)2)20(24)22(26)8-4-3-5-19(22)21(25)29-14-13-28-12-11-27-10-9-23/h6-7,15,19,23,26H,3-5,8-14H2,1-2H3. The van der Waals surface area contributed by atoms with Gasteiger partial charge < -0.3 is 24.4 Å². The minimum absolute atomic E-state index is 0.0389. The normalized spacial score (nSPS) is 21.7. The van der Waals surface area contributed by atoms with Crippen molar-refractivity contribution in [1.29, 1.82) is 0 Å². The van der Waals surface area contributed by atoms with Crippen molar-refractivity contribution in [2.24, 2.45) is 5.92 Å². The van der Waals surface area contributed by atoms with Crippen molar-refractivity contribution in [1.82, 2.24) is 0 Å². The second-order valence-corrected chi connectivity index (χ2v) is 7.47. The lowest BCUT2D eigenvalue weighted by atomic mass is 9.71. The molecule has 1 aliphatic rings. The van der Waals surface area contributed by atoms with Crippen molar-refractivity contribution in [3.8, 4) is 0 Å². The summed E-state index contributed by atoms with van der Waals surface area (Å²) in [6, 6.07) is 5.31. The zero-order chi connectivity index (χ0) is 21.3. The van der Waals surface area contributed by atoms with E-state index < -0.39 is 23.3 Å². The molecule has 0 aliphatic heterocycles. The lowest BCUT2D eigenvalue weighted by Gasteiger charge is -2.37.